The molecule has 3 aliphatic rings. The number of benzene rings is 1. The smallest absolute Gasteiger partial charge is 0.322 e. The van der Waals surface area contributed by atoms with E-state index in [0.29, 0.717) is 63.6 Å². The third kappa shape index (κ3) is 6.74. The van der Waals surface area contributed by atoms with E-state index in [1.54, 1.807) is 16.2 Å². The summed E-state index contributed by atoms with van der Waals surface area (Å²) in [6.07, 6.45) is 7.04. The van der Waals surface area contributed by atoms with Crippen LogP contribution >= 0.6 is 43.2 Å². The number of fused-ring (bicyclic) bond motifs is 1. The SMILES string of the molecule is Nc1c(Br)cc(C[C@@H](NC(=O)N2CCC(N3Cc4cscc4NC3=O)CC2)C(=O)N2CCC(c3ccncc3)CC2)cc1Br. The van der Waals surface area contributed by atoms with Crippen molar-refractivity contribution < 1.29 is 14.4 Å². The van der Waals surface area contributed by atoms with E-state index < -0.39 is 6.04 Å². The predicted molar refractivity (Wildman–Crippen MR) is 179 cm³/mol. The molecule has 0 radical (unpaired) electrons. The van der Waals surface area contributed by atoms with E-state index in [4.69, 9.17) is 5.73 Å². The molecule has 5 heterocycles. The molecule has 10 nitrogen and oxygen atoms in total. The number of carbonyl (C=O) groups is 3. The zero-order chi connectivity index (χ0) is 30.8. The number of hydrogen-bond donors (Lipinski definition) is 3. The molecule has 13 heteroatoms. The zero-order valence-corrected chi connectivity index (χ0v) is 28.2. The molecule has 1 atom stereocenters. The summed E-state index contributed by atoms with van der Waals surface area (Å²) in [5.74, 6) is 0.302. The fourth-order valence-corrected chi connectivity index (χ4v) is 8.45. The van der Waals surface area contributed by atoms with Gasteiger partial charge in [-0.1, -0.05) is 0 Å². The first-order chi connectivity index (χ1) is 21.3. The van der Waals surface area contributed by atoms with Gasteiger partial charge in [-0.25, -0.2) is 9.59 Å². The van der Waals surface area contributed by atoms with Gasteiger partial charge in [0.25, 0.3) is 0 Å². The number of nitrogens with one attached hydrogen (secondary N) is 2. The molecule has 2 saturated heterocycles. The van der Waals surface area contributed by atoms with Crippen LogP contribution in [0, 0.1) is 0 Å². The van der Waals surface area contributed by atoms with Crippen LogP contribution in [0.3, 0.4) is 0 Å². The molecule has 232 valence electrons. The molecular weight excluding hydrogens is 710 g/mol. The summed E-state index contributed by atoms with van der Waals surface area (Å²) in [7, 11) is 0. The van der Waals surface area contributed by atoms with Crippen molar-refractivity contribution in [3.63, 3.8) is 0 Å². The van der Waals surface area contributed by atoms with E-state index >= 15 is 0 Å². The van der Waals surface area contributed by atoms with Crippen LogP contribution < -0.4 is 16.4 Å². The summed E-state index contributed by atoms with van der Waals surface area (Å²) >= 11 is 8.60. The lowest BCUT2D eigenvalue weighted by molar-refractivity contribution is -0.134. The lowest BCUT2D eigenvalue weighted by atomic mass is 9.89. The van der Waals surface area contributed by atoms with Gasteiger partial charge in [-0.05, 0) is 104 Å². The lowest BCUT2D eigenvalue weighted by Gasteiger charge is -2.40. The largest absolute Gasteiger partial charge is 0.397 e. The monoisotopic (exact) mass is 743 g/mol. The fraction of sp³-hybridized carbons (Fsp3) is 0.419. The summed E-state index contributed by atoms with van der Waals surface area (Å²) in [4.78, 5) is 49.9. The molecule has 3 aliphatic heterocycles. The van der Waals surface area contributed by atoms with Gasteiger partial charge in [0.15, 0.2) is 0 Å². The van der Waals surface area contributed by atoms with Gasteiger partial charge in [0.2, 0.25) is 5.91 Å². The molecule has 6 rings (SSSR count). The van der Waals surface area contributed by atoms with Gasteiger partial charge in [-0.3, -0.25) is 9.78 Å². The Bertz CT molecular complexity index is 1500. The van der Waals surface area contributed by atoms with Crippen molar-refractivity contribution in [1.29, 1.82) is 0 Å². The molecule has 0 spiro atoms. The molecular formula is C31H35Br2N7O3S. The maximum atomic E-state index is 14.0. The Morgan fingerprint density at radius 2 is 1.68 bits per heavy atom. The number of halogens is 2. The van der Waals surface area contributed by atoms with E-state index in [1.165, 1.54) is 5.56 Å². The Labute approximate surface area is 277 Å². The molecule has 2 fully saturated rings. The predicted octanol–water partition coefficient (Wildman–Crippen LogP) is 5.79. The van der Waals surface area contributed by atoms with E-state index in [9.17, 15) is 14.4 Å². The summed E-state index contributed by atoms with van der Waals surface area (Å²) in [5, 5.41) is 10.1. The second kappa shape index (κ2) is 13.5. The Morgan fingerprint density at radius 3 is 2.36 bits per heavy atom. The first-order valence-electron chi connectivity index (χ1n) is 14.9. The van der Waals surface area contributed by atoms with E-state index in [0.717, 1.165) is 38.6 Å². The normalized spacial score (nSPS) is 18.5. The number of pyridine rings is 1. The number of urea groups is 2. The molecule has 5 amide bonds. The standard InChI is InChI=1S/C31H35Br2N7O3S/c32-24-13-19(14-25(33)28(24)34)15-26(29(41)38-9-3-21(4-10-38)20-1-7-35-8-2-20)36-30(42)39-11-5-23(6-12-39)40-16-22-17-44-18-27(22)37-31(40)43/h1-2,7-8,13-14,17-18,21,23,26H,3-6,9-12,15-16,34H2,(H,36,42)(H,37,43)/t26-/m1/s1. The van der Waals surface area contributed by atoms with Gasteiger partial charge in [0.1, 0.15) is 6.04 Å². The first kappa shape index (κ1) is 30.8. The van der Waals surface area contributed by atoms with E-state index in [-0.39, 0.29) is 24.0 Å². The molecule has 0 saturated carbocycles. The fourth-order valence-electron chi connectivity index (χ4n) is 6.39. The van der Waals surface area contributed by atoms with E-state index in [2.05, 4.69) is 52.9 Å². The first-order valence-corrected chi connectivity index (χ1v) is 17.4. The minimum absolute atomic E-state index is 0.0516. The molecule has 44 heavy (non-hydrogen) atoms. The van der Waals surface area contributed by atoms with Gasteiger partial charge in [-0.15, -0.1) is 11.3 Å². The van der Waals surface area contributed by atoms with Crippen molar-refractivity contribution in [2.75, 3.05) is 37.2 Å². The Balaban J connectivity index is 1.11. The van der Waals surface area contributed by atoms with Crippen molar-refractivity contribution in [3.05, 3.63) is 73.1 Å². The number of anilines is 2. The zero-order valence-electron chi connectivity index (χ0n) is 24.2. The number of carbonyl (C=O) groups excluding carboxylic acids is 3. The van der Waals surface area contributed by atoms with Crippen molar-refractivity contribution in [2.24, 2.45) is 0 Å². The molecule has 3 aromatic rings. The topological polar surface area (TPSA) is 124 Å². The maximum absolute atomic E-state index is 14.0. The number of likely N-dealkylation sites (tertiary alicyclic amines) is 2. The number of thiophene rings is 1. The molecule has 0 unspecified atom stereocenters. The molecule has 2 aromatic heterocycles. The van der Waals surface area contributed by atoms with Crippen LogP contribution in [0.15, 0.2) is 56.4 Å². The highest BCUT2D eigenvalue weighted by Crippen LogP contribution is 2.32. The number of rotatable bonds is 6. The minimum atomic E-state index is -0.731. The molecule has 4 N–H and O–H groups in total. The van der Waals surface area contributed by atoms with Gasteiger partial charge < -0.3 is 31.1 Å². The molecule has 0 bridgehead atoms. The van der Waals surface area contributed by atoms with Crippen LogP contribution in [-0.2, 0) is 17.8 Å². The van der Waals surface area contributed by atoms with Gasteiger partial charge in [0.05, 0.1) is 17.9 Å². The summed E-state index contributed by atoms with van der Waals surface area (Å²) in [6, 6.07) is 6.86. The van der Waals surface area contributed by atoms with Gasteiger partial charge in [-0.2, -0.15) is 0 Å². The van der Waals surface area contributed by atoms with Crippen molar-refractivity contribution in [1.82, 2.24) is 25.0 Å². The number of amides is 5. The summed E-state index contributed by atoms with van der Waals surface area (Å²) < 4.78 is 1.46. The number of hydrogen-bond acceptors (Lipinski definition) is 6. The van der Waals surface area contributed by atoms with Crippen molar-refractivity contribution in [2.45, 2.75) is 56.7 Å². The van der Waals surface area contributed by atoms with Crippen molar-refractivity contribution in [3.8, 4) is 0 Å². The highest BCUT2D eigenvalue weighted by molar-refractivity contribution is 9.11. The summed E-state index contributed by atoms with van der Waals surface area (Å²) in [6.45, 7) is 2.86. The van der Waals surface area contributed by atoms with Crippen LogP contribution in [-0.4, -0.2) is 75.9 Å². The maximum Gasteiger partial charge on any atom is 0.322 e. The Kier molecular flexibility index (Phi) is 9.43. The third-order valence-electron chi connectivity index (χ3n) is 8.94. The third-order valence-corrected chi connectivity index (χ3v) is 11.0. The average Bonchev–Trinajstić information content (AvgIpc) is 3.50. The van der Waals surface area contributed by atoms with E-state index in [1.807, 2.05) is 51.8 Å². The number of nitrogens with two attached hydrogens (primary N) is 1. The number of aromatic nitrogens is 1. The highest BCUT2D eigenvalue weighted by Gasteiger charge is 2.35. The lowest BCUT2D eigenvalue weighted by Crippen LogP contribution is -2.57. The van der Waals surface area contributed by atoms with Crippen molar-refractivity contribution >= 4 is 72.5 Å². The van der Waals surface area contributed by atoms with Gasteiger partial charge >= 0.3 is 12.1 Å². The number of piperidine rings is 2. The summed E-state index contributed by atoms with van der Waals surface area (Å²) in [5.41, 5.74) is 10.8. The Hall–Kier alpha value is -3.16. The highest BCUT2D eigenvalue weighted by atomic mass is 79.9. The van der Waals surface area contributed by atoms with Crippen LogP contribution in [0.5, 0.6) is 0 Å². The van der Waals surface area contributed by atoms with Gasteiger partial charge in [0, 0.05) is 70.9 Å². The molecule has 1 aromatic carbocycles. The number of nitrogen functional groups attached to an aromatic ring is 1. The van der Waals surface area contributed by atoms with Crippen LogP contribution in [0.2, 0.25) is 0 Å². The second-order valence-electron chi connectivity index (χ2n) is 11.6. The average molecular weight is 746 g/mol. The number of nitrogens with zero attached hydrogens (tertiary/aromatic N) is 4. The molecule has 0 aliphatic carbocycles. The minimum Gasteiger partial charge on any atom is -0.397 e. The quantitative estimate of drug-likeness (QED) is 0.276. The second-order valence-corrected chi connectivity index (χ2v) is 14.1. The van der Waals surface area contributed by atoms with Crippen LogP contribution in [0.1, 0.15) is 48.3 Å². The Morgan fingerprint density at radius 1 is 1.02 bits per heavy atom. The van der Waals surface area contributed by atoms with Crippen LogP contribution in [0.4, 0.5) is 21.0 Å². The van der Waals surface area contributed by atoms with Crippen LogP contribution in [0.25, 0.3) is 0 Å².